The largest absolute Gasteiger partial charge is 0.465 e. The number of nitrogens with zero attached hydrogens (tertiary/aromatic N) is 5. The molecule has 1 atom stereocenters. The van der Waals surface area contributed by atoms with Crippen molar-refractivity contribution < 1.29 is 19.4 Å². The Balaban J connectivity index is 1.06. The minimum Gasteiger partial charge on any atom is -0.465 e. The molecular weight excluding hydrogens is 626 g/mol. The molecule has 1 N–H and O–H groups in total. The highest BCUT2D eigenvalue weighted by Gasteiger charge is 2.36. The van der Waals surface area contributed by atoms with Gasteiger partial charge >= 0.3 is 12.1 Å². The maximum absolute atomic E-state index is 12.1. The van der Waals surface area contributed by atoms with Crippen molar-refractivity contribution >= 4 is 34.9 Å². The van der Waals surface area contributed by atoms with Crippen LogP contribution < -0.4 is 4.90 Å². The van der Waals surface area contributed by atoms with Gasteiger partial charge in [0.1, 0.15) is 0 Å². The second kappa shape index (κ2) is 15.6. The third-order valence-corrected chi connectivity index (χ3v) is 11.3. The van der Waals surface area contributed by atoms with E-state index in [9.17, 15) is 14.7 Å². The van der Waals surface area contributed by atoms with Crippen LogP contribution in [-0.4, -0.2) is 128 Å². The van der Waals surface area contributed by atoms with Crippen LogP contribution in [-0.2, 0) is 4.74 Å². The number of likely N-dealkylation sites (tertiary alicyclic amines) is 1. The number of ether oxygens (including phenoxy) is 1. The summed E-state index contributed by atoms with van der Waals surface area (Å²) in [6, 6.07) is 16.8. The van der Waals surface area contributed by atoms with Crippen LogP contribution in [0.3, 0.4) is 0 Å². The first kappa shape index (κ1) is 34.7. The molecule has 1 aliphatic carbocycles. The summed E-state index contributed by atoms with van der Waals surface area (Å²) >= 11 is 6.29. The summed E-state index contributed by atoms with van der Waals surface area (Å²) in [5.41, 5.74) is 6.36. The Morgan fingerprint density at radius 1 is 0.875 bits per heavy atom. The third-order valence-electron chi connectivity index (χ3n) is 11.0. The van der Waals surface area contributed by atoms with Gasteiger partial charge in [0, 0.05) is 82.2 Å². The van der Waals surface area contributed by atoms with Gasteiger partial charge in [-0.25, -0.2) is 9.59 Å². The van der Waals surface area contributed by atoms with Crippen LogP contribution in [0.4, 0.5) is 10.5 Å². The maximum atomic E-state index is 12.1. The maximum Gasteiger partial charge on any atom is 0.407 e. The van der Waals surface area contributed by atoms with Gasteiger partial charge < -0.3 is 24.5 Å². The average molecular weight is 678 g/mol. The summed E-state index contributed by atoms with van der Waals surface area (Å²) in [5, 5.41) is 10.1. The van der Waals surface area contributed by atoms with Crippen LogP contribution in [0.2, 0.25) is 5.02 Å². The molecule has 3 heterocycles. The van der Waals surface area contributed by atoms with Crippen LogP contribution in [0.5, 0.6) is 0 Å². The van der Waals surface area contributed by atoms with Crippen molar-refractivity contribution in [3.05, 3.63) is 70.3 Å². The molecule has 260 valence electrons. The SMILES string of the molecule is CCOC(=O)c1ccc(N2CCN(CC3=C(c4ccc(Cl)cc4)CC[C@@](C)(CN4CCC(N5CCN(C(=O)O)CC5)CC4)C3)CC2)cc1. The Kier molecular flexibility index (Phi) is 11.3. The first-order valence-corrected chi connectivity index (χ1v) is 18.2. The van der Waals surface area contributed by atoms with Crippen molar-refractivity contribution in [1.29, 1.82) is 0 Å². The quantitative estimate of drug-likeness (QED) is 0.322. The molecule has 0 spiro atoms. The number of hydrogen-bond acceptors (Lipinski definition) is 7. The zero-order chi connectivity index (χ0) is 33.7. The molecule has 0 unspecified atom stereocenters. The van der Waals surface area contributed by atoms with Crippen LogP contribution >= 0.6 is 11.6 Å². The minimum atomic E-state index is -0.792. The van der Waals surface area contributed by atoms with Gasteiger partial charge in [0.15, 0.2) is 0 Å². The number of carboxylic acid groups (broad SMARTS) is 1. The molecule has 48 heavy (non-hydrogen) atoms. The molecular formula is C38H52ClN5O4. The number of piperazine rings is 2. The molecule has 1 amide bonds. The molecule has 0 radical (unpaired) electrons. The van der Waals surface area contributed by atoms with Gasteiger partial charge in [-0.3, -0.25) is 9.80 Å². The predicted molar refractivity (Wildman–Crippen MR) is 192 cm³/mol. The zero-order valence-electron chi connectivity index (χ0n) is 28.7. The van der Waals surface area contributed by atoms with Gasteiger partial charge in [-0.15, -0.1) is 0 Å². The molecule has 4 aliphatic rings. The molecule has 2 aromatic carbocycles. The Morgan fingerprint density at radius 2 is 1.54 bits per heavy atom. The number of benzene rings is 2. The first-order valence-electron chi connectivity index (χ1n) is 17.9. The summed E-state index contributed by atoms with van der Waals surface area (Å²) in [6.07, 6.45) is 4.91. The first-order chi connectivity index (χ1) is 23.2. The lowest BCUT2D eigenvalue weighted by molar-refractivity contribution is 0.0458. The lowest BCUT2D eigenvalue weighted by Gasteiger charge is -2.46. The van der Waals surface area contributed by atoms with E-state index in [-0.39, 0.29) is 11.4 Å². The third kappa shape index (κ3) is 8.54. The highest BCUT2D eigenvalue weighted by Crippen LogP contribution is 2.44. The summed E-state index contributed by atoms with van der Waals surface area (Å²) < 4.78 is 5.15. The number of halogens is 1. The lowest BCUT2D eigenvalue weighted by atomic mass is 9.71. The number of carbonyl (C=O) groups excluding carboxylic acids is 1. The van der Waals surface area contributed by atoms with E-state index in [4.69, 9.17) is 16.3 Å². The molecule has 0 bridgehead atoms. The van der Waals surface area contributed by atoms with Crippen LogP contribution in [0.25, 0.3) is 5.57 Å². The molecule has 9 nitrogen and oxygen atoms in total. The van der Waals surface area contributed by atoms with Crippen molar-refractivity contribution in [2.45, 2.75) is 52.0 Å². The van der Waals surface area contributed by atoms with Gasteiger partial charge in [0.25, 0.3) is 0 Å². The topological polar surface area (TPSA) is 79.8 Å². The Bertz CT molecular complexity index is 1430. The molecule has 3 saturated heterocycles. The van der Waals surface area contributed by atoms with E-state index in [0.29, 0.717) is 31.3 Å². The van der Waals surface area contributed by atoms with E-state index in [2.05, 4.69) is 38.7 Å². The number of carbonyl (C=O) groups is 2. The van der Waals surface area contributed by atoms with Crippen LogP contribution in [0.1, 0.15) is 61.9 Å². The lowest BCUT2D eigenvalue weighted by Crippen LogP contribution is -2.54. The van der Waals surface area contributed by atoms with Gasteiger partial charge in [0.2, 0.25) is 0 Å². The normalized spacial score (nSPS) is 23.8. The van der Waals surface area contributed by atoms with Gasteiger partial charge in [-0.1, -0.05) is 36.2 Å². The van der Waals surface area contributed by atoms with Crippen molar-refractivity contribution in [3.8, 4) is 0 Å². The molecule has 6 rings (SSSR count). The monoisotopic (exact) mass is 677 g/mol. The zero-order valence-corrected chi connectivity index (χ0v) is 29.5. The molecule has 3 aliphatic heterocycles. The number of piperidine rings is 1. The van der Waals surface area contributed by atoms with E-state index in [1.165, 1.54) is 17.6 Å². The Hall–Kier alpha value is -3.11. The fourth-order valence-electron chi connectivity index (χ4n) is 8.32. The summed E-state index contributed by atoms with van der Waals surface area (Å²) in [4.78, 5) is 35.2. The number of amides is 1. The van der Waals surface area contributed by atoms with E-state index in [0.717, 1.165) is 102 Å². The second-order valence-corrected chi connectivity index (χ2v) is 14.9. The van der Waals surface area contributed by atoms with Crippen molar-refractivity contribution in [1.82, 2.24) is 19.6 Å². The summed E-state index contributed by atoms with van der Waals surface area (Å²) in [7, 11) is 0. The van der Waals surface area contributed by atoms with E-state index in [1.54, 1.807) is 10.5 Å². The predicted octanol–water partition coefficient (Wildman–Crippen LogP) is 6.04. The molecule has 10 heteroatoms. The Morgan fingerprint density at radius 3 is 2.17 bits per heavy atom. The molecule has 2 aromatic rings. The fourth-order valence-corrected chi connectivity index (χ4v) is 8.44. The standard InChI is InChI=1S/C38H52ClN5O4/c1-3-48-36(45)30-6-10-33(11-7-30)42-20-18-40(19-21-42)27-31-26-38(2,15-12-35(31)29-4-8-32(39)9-5-29)28-41-16-13-34(14-17-41)43-22-24-44(25-23-43)37(46)47/h4-11,34H,3,12-28H2,1-2H3,(H,46,47)/t38-/m1/s1. The van der Waals surface area contributed by atoms with Gasteiger partial charge in [0.05, 0.1) is 12.2 Å². The molecule has 3 fully saturated rings. The van der Waals surface area contributed by atoms with E-state index in [1.807, 2.05) is 43.3 Å². The van der Waals surface area contributed by atoms with E-state index < -0.39 is 6.09 Å². The number of hydrogen-bond donors (Lipinski definition) is 1. The number of rotatable bonds is 9. The fraction of sp³-hybridized carbons (Fsp3) is 0.579. The van der Waals surface area contributed by atoms with Crippen LogP contribution in [0, 0.1) is 5.41 Å². The summed E-state index contributed by atoms with van der Waals surface area (Å²) in [6.45, 7) is 15.9. The number of allylic oxidation sites excluding steroid dienone is 1. The molecule has 0 saturated carbocycles. The van der Waals surface area contributed by atoms with Crippen molar-refractivity contribution in [2.24, 2.45) is 5.41 Å². The molecule has 0 aromatic heterocycles. The Labute approximate surface area is 291 Å². The van der Waals surface area contributed by atoms with Gasteiger partial charge in [-0.05, 0) is 105 Å². The van der Waals surface area contributed by atoms with Crippen molar-refractivity contribution in [2.75, 3.05) is 90.0 Å². The summed E-state index contributed by atoms with van der Waals surface area (Å²) in [5.74, 6) is -0.268. The van der Waals surface area contributed by atoms with Gasteiger partial charge in [-0.2, -0.15) is 0 Å². The highest BCUT2D eigenvalue weighted by molar-refractivity contribution is 6.30. The second-order valence-electron chi connectivity index (χ2n) is 14.4. The number of esters is 1. The average Bonchev–Trinajstić information content (AvgIpc) is 3.10. The minimum absolute atomic E-state index is 0.230. The smallest absolute Gasteiger partial charge is 0.407 e. The van der Waals surface area contributed by atoms with Crippen molar-refractivity contribution in [3.63, 3.8) is 0 Å². The van der Waals surface area contributed by atoms with Crippen LogP contribution in [0.15, 0.2) is 54.1 Å². The highest BCUT2D eigenvalue weighted by atomic mass is 35.5. The van der Waals surface area contributed by atoms with E-state index >= 15 is 0 Å². The number of anilines is 1.